The Labute approximate surface area is 163 Å². The number of amides is 1. The topological polar surface area (TPSA) is 81.4 Å². The van der Waals surface area contributed by atoms with Gasteiger partial charge in [0, 0.05) is 10.8 Å². The highest BCUT2D eigenvalue weighted by Crippen LogP contribution is 2.44. The lowest BCUT2D eigenvalue weighted by Crippen LogP contribution is -2.33. The van der Waals surface area contributed by atoms with Crippen LogP contribution in [0.25, 0.3) is 16.5 Å². The molecule has 2 atom stereocenters. The Kier molecular flexibility index (Phi) is 5.22. The van der Waals surface area contributed by atoms with Crippen LogP contribution < -0.4 is 0 Å². The Bertz CT molecular complexity index is 961. The van der Waals surface area contributed by atoms with Gasteiger partial charge in [0.05, 0.1) is 11.8 Å². The first kappa shape index (κ1) is 18.0. The third-order valence-corrected chi connectivity index (χ3v) is 5.31. The van der Waals surface area contributed by atoms with Gasteiger partial charge in [-0.15, -0.1) is 0 Å². The highest BCUT2D eigenvalue weighted by atomic mass is 16.2. The zero-order valence-corrected chi connectivity index (χ0v) is 15.5. The van der Waals surface area contributed by atoms with Crippen molar-refractivity contribution in [3.63, 3.8) is 0 Å². The molecule has 1 aliphatic heterocycles. The molecule has 1 fully saturated rings. The van der Waals surface area contributed by atoms with Crippen molar-refractivity contribution < 1.29 is 4.79 Å². The van der Waals surface area contributed by atoms with Crippen LogP contribution in [0, 0.1) is 5.92 Å². The number of carbonyl (C=O) groups is 1. The van der Waals surface area contributed by atoms with Crippen LogP contribution in [0.5, 0.6) is 0 Å². The van der Waals surface area contributed by atoms with E-state index in [2.05, 4.69) is 28.2 Å². The van der Waals surface area contributed by atoms with Crippen molar-refractivity contribution in [1.29, 1.82) is 0 Å². The van der Waals surface area contributed by atoms with E-state index < -0.39 is 0 Å². The van der Waals surface area contributed by atoms with Crippen LogP contribution in [0.3, 0.4) is 0 Å². The second kappa shape index (κ2) is 8.11. The van der Waals surface area contributed by atoms with Gasteiger partial charge in [-0.3, -0.25) is 4.79 Å². The van der Waals surface area contributed by atoms with Gasteiger partial charge in [0.25, 0.3) is 0 Å². The monoisotopic (exact) mass is 371 g/mol. The normalized spacial score (nSPS) is 22.4. The standard InChI is InChI=1S/C22H21N5O/c23-26-24-15-20(28)27-22(17-10-5-2-6-11-17)19-13-7-12-18(21(19)25-27)14-16-8-3-1-4-9-16/h1-6,8-11,14,19,22H,7,12-13,15H2/b18-14-. The summed E-state index contributed by atoms with van der Waals surface area (Å²) in [5, 5.41) is 9.74. The summed E-state index contributed by atoms with van der Waals surface area (Å²) in [6, 6.07) is 20.0. The number of azide groups is 1. The lowest BCUT2D eigenvalue weighted by Gasteiger charge is -2.29. The second-order valence-electron chi connectivity index (χ2n) is 7.05. The molecule has 2 aromatic carbocycles. The minimum absolute atomic E-state index is 0.154. The summed E-state index contributed by atoms with van der Waals surface area (Å²) in [6.07, 6.45) is 5.17. The number of benzene rings is 2. The molecular weight excluding hydrogens is 350 g/mol. The van der Waals surface area contributed by atoms with Crippen molar-refractivity contribution in [2.24, 2.45) is 16.1 Å². The molecule has 0 radical (unpaired) electrons. The highest BCUT2D eigenvalue weighted by molar-refractivity contribution is 6.08. The van der Waals surface area contributed by atoms with Gasteiger partial charge in [-0.1, -0.05) is 65.8 Å². The van der Waals surface area contributed by atoms with E-state index in [4.69, 9.17) is 10.6 Å². The maximum atomic E-state index is 12.7. The van der Waals surface area contributed by atoms with Crippen molar-refractivity contribution in [3.8, 4) is 0 Å². The van der Waals surface area contributed by atoms with Gasteiger partial charge in [0.15, 0.2) is 0 Å². The van der Waals surface area contributed by atoms with Crippen molar-refractivity contribution in [2.45, 2.75) is 25.3 Å². The predicted octanol–water partition coefficient (Wildman–Crippen LogP) is 5.12. The van der Waals surface area contributed by atoms with Crippen LogP contribution in [0.2, 0.25) is 0 Å². The first-order chi connectivity index (χ1) is 13.8. The van der Waals surface area contributed by atoms with Gasteiger partial charge in [0.2, 0.25) is 5.91 Å². The molecule has 2 unspecified atom stereocenters. The van der Waals surface area contributed by atoms with E-state index >= 15 is 0 Å². The summed E-state index contributed by atoms with van der Waals surface area (Å²) >= 11 is 0. The number of carbonyl (C=O) groups excluding carboxylic acids is 1. The quantitative estimate of drug-likeness (QED) is 0.417. The summed E-state index contributed by atoms with van der Waals surface area (Å²) in [7, 11) is 0. The number of allylic oxidation sites excluding steroid dienone is 1. The average molecular weight is 371 g/mol. The smallest absolute Gasteiger partial charge is 0.249 e. The Morgan fingerprint density at radius 1 is 1.18 bits per heavy atom. The number of fused-ring (bicyclic) bond motifs is 1. The molecule has 1 amide bonds. The van der Waals surface area contributed by atoms with E-state index in [1.165, 1.54) is 10.6 Å². The van der Waals surface area contributed by atoms with Gasteiger partial charge in [-0.05, 0) is 47.6 Å². The van der Waals surface area contributed by atoms with Crippen molar-refractivity contribution in [2.75, 3.05) is 6.54 Å². The third kappa shape index (κ3) is 3.55. The molecule has 4 rings (SSSR count). The number of hydrazone groups is 1. The first-order valence-corrected chi connectivity index (χ1v) is 9.50. The van der Waals surface area contributed by atoms with E-state index in [0.29, 0.717) is 0 Å². The molecule has 1 heterocycles. The molecule has 1 saturated carbocycles. The molecular formula is C22H21N5O. The molecule has 0 saturated heterocycles. The molecule has 0 bridgehead atoms. The second-order valence-corrected chi connectivity index (χ2v) is 7.05. The number of nitrogens with zero attached hydrogens (tertiary/aromatic N) is 5. The molecule has 6 nitrogen and oxygen atoms in total. The van der Waals surface area contributed by atoms with E-state index in [1.54, 1.807) is 0 Å². The van der Waals surface area contributed by atoms with Crippen LogP contribution in [0.15, 0.2) is 76.5 Å². The lowest BCUT2D eigenvalue weighted by molar-refractivity contribution is -0.132. The van der Waals surface area contributed by atoms with Gasteiger partial charge in [-0.2, -0.15) is 5.10 Å². The summed E-state index contributed by atoms with van der Waals surface area (Å²) in [5.74, 6) is -0.117. The molecule has 28 heavy (non-hydrogen) atoms. The minimum atomic E-state index is -0.271. The van der Waals surface area contributed by atoms with Gasteiger partial charge in [-0.25, -0.2) is 5.01 Å². The molecule has 0 N–H and O–H groups in total. The maximum Gasteiger partial charge on any atom is 0.249 e. The number of rotatable bonds is 4. The van der Waals surface area contributed by atoms with Crippen LogP contribution in [-0.4, -0.2) is 23.2 Å². The van der Waals surface area contributed by atoms with Crippen LogP contribution in [-0.2, 0) is 4.79 Å². The van der Waals surface area contributed by atoms with Crippen LogP contribution in [0.1, 0.15) is 36.4 Å². The van der Waals surface area contributed by atoms with Gasteiger partial charge >= 0.3 is 0 Å². The predicted molar refractivity (Wildman–Crippen MR) is 109 cm³/mol. The molecule has 140 valence electrons. The largest absolute Gasteiger partial charge is 0.273 e. The molecule has 1 aliphatic carbocycles. The van der Waals surface area contributed by atoms with E-state index in [0.717, 1.165) is 36.1 Å². The first-order valence-electron chi connectivity index (χ1n) is 9.50. The maximum absolute atomic E-state index is 12.7. The van der Waals surface area contributed by atoms with E-state index in [9.17, 15) is 4.79 Å². The summed E-state index contributed by atoms with van der Waals surface area (Å²) in [4.78, 5) is 15.5. The van der Waals surface area contributed by atoms with E-state index in [1.807, 2.05) is 48.5 Å². The summed E-state index contributed by atoms with van der Waals surface area (Å²) in [5.41, 5.74) is 13.0. The van der Waals surface area contributed by atoms with Gasteiger partial charge < -0.3 is 0 Å². The van der Waals surface area contributed by atoms with Crippen molar-refractivity contribution >= 4 is 17.7 Å². The fourth-order valence-corrected chi connectivity index (χ4v) is 4.11. The molecule has 6 heteroatoms. The molecule has 2 aromatic rings. The lowest BCUT2D eigenvalue weighted by atomic mass is 9.77. The molecule has 2 aliphatic rings. The average Bonchev–Trinajstić information content (AvgIpc) is 3.14. The summed E-state index contributed by atoms with van der Waals surface area (Å²) in [6.45, 7) is -0.221. The van der Waals surface area contributed by atoms with Crippen molar-refractivity contribution in [3.05, 3.63) is 87.8 Å². The fraction of sp³-hybridized carbons (Fsp3) is 0.273. The Balaban J connectivity index is 1.74. The zero-order chi connectivity index (χ0) is 19.3. The van der Waals surface area contributed by atoms with Crippen LogP contribution >= 0.6 is 0 Å². The highest BCUT2D eigenvalue weighted by Gasteiger charge is 2.43. The Hall–Kier alpha value is -3.37. The Morgan fingerprint density at radius 3 is 2.61 bits per heavy atom. The van der Waals surface area contributed by atoms with Crippen LogP contribution in [0.4, 0.5) is 0 Å². The van der Waals surface area contributed by atoms with E-state index in [-0.39, 0.29) is 24.4 Å². The van der Waals surface area contributed by atoms with Crippen molar-refractivity contribution in [1.82, 2.24) is 5.01 Å². The fourth-order valence-electron chi connectivity index (χ4n) is 4.11. The molecule has 0 aromatic heterocycles. The molecule has 0 spiro atoms. The minimum Gasteiger partial charge on any atom is -0.273 e. The summed E-state index contributed by atoms with van der Waals surface area (Å²) < 4.78 is 0. The zero-order valence-electron chi connectivity index (χ0n) is 15.5. The van der Waals surface area contributed by atoms with Gasteiger partial charge in [0.1, 0.15) is 6.54 Å². The Morgan fingerprint density at radius 2 is 1.89 bits per heavy atom. The number of hydrogen-bond donors (Lipinski definition) is 0. The number of hydrogen-bond acceptors (Lipinski definition) is 3. The third-order valence-electron chi connectivity index (χ3n) is 5.31. The SMILES string of the molecule is [N-]=[N+]=NCC(=O)N1N=C2/C(=C\c3ccccc3)CCCC2C1c1ccccc1.